The first-order valence-electron chi connectivity index (χ1n) is 36.7. The number of nitrogens with one attached hydrogen (secondary N) is 2. The predicted octanol–water partition coefficient (Wildman–Crippen LogP) is 20.9. The molecule has 8 aromatic carbocycles. The number of carboxylic acids is 3. The van der Waals surface area contributed by atoms with Gasteiger partial charge >= 0.3 is 17.9 Å². The van der Waals surface area contributed by atoms with Gasteiger partial charge in [0.2, 0.25) is 0 Å². The molecule has 2 aliphatic heterocycles. The van der Waals surface area contributed by atoms with Crippen LogP contribution in [0.15, 0.2) is 194 Å². The number of fused-ring (bicyclic) bond motifs is 8. The van der Waals surface area contributed by atoms with Crippen LogP contribution in [0.25, 0.3) is 88.9 Å². The van der Waals surface area contributed by atoms with E-state index >= 15 is 0 Å². The Hall–Kier alpha value is -13.5. The number of carboxylic acid groups (broad SMARTS) is 3. The standard InChI is InChI=1S/C96H78N4O8/c1-9-74-76(11-3)88-83(67-43-27-59(28-44-67)18-21-63-35-51-71(52-36-63)95(104)105)90-78(13-5)80(15-7)92(99-90)85(69-47-31-61(32-48-69)23-24-65-39-55-73(56-40-65)108-57-101)93-81(16-8)79(14-6)91(100-93)84(68-45-29-60(30-46-68)19-22-64-37-53-72(54-38-64)96(106)107)89-77(12-4)75(10-2)87(98-89)82(86(74)97-88)66-41-25-58(26-42-66)17-20-62-33-49-70(50-34-62)94(102)103/h25-57,97,100H,9-16H2,1-8H3,(H,102,103)(H,104,105)(H,106,107). The second-order valence-corrected chi connectivity index (χ2v) is 26.2. The molecule has 0 spiro atoms. The van der Waals surface area contributed by atoms with Crippen molar-refractivity contribution < 1.29 is 39.2 Å². The van der Waals surface area contributed by atoms with Crippen LogP contribution in [0, 0.1) is 47.4 Å². The first-order chi connectivity index (χ1) is 52.6. The van der Waals surface area contributed by atoms with Crippen molar-refractivity contribution >= 4 is 68.7 Å². The highest BCUT2D eigenvalue weighted by Crippen LogP contribution is 2.50. The zero-order valence-corrected chi connectivity index (χ0v) is 61.5. The van der Waals surface area contributed by atoms with E-state index in [9.17, 15) is 34.5 Å². The first-order valence-corrected chi connectivity index (χ1v) is 36.7. The van der Waals surface area contributed by atoms with E-state index in [1.807, 2.05) is 48.5 Å². The largest absolute Gasteiger partial charge is 0.478 e. The number of carbonyl (C=O) groups excluding carboxylic acids is 1. The third kappa shape index (κ3) is 14.7. The van der Waals surface area contributed by atoms with Crippen molar-refractivity contribution in [2.75, 3.05) is 0 Å². The number of allylic oxidation sites excluding steroid dienone is 4. The molecule has 0 unspecified atom stereocenters. The minimum Gasteiger partial charge on any atom is -0.478 e. The Balaban J connectivity index is 1.17. The van der Waals surface area contributed by atoms with E-state index < -0.39 is 17.9 Å². The van der Waals surface area contributed by atoms with Crippen LogP contribution in [-0.4, -0.2) is 59.6 Å². The average molecular weight is 1420 g/mol. The number of carbonyl (C=O) groups is 4. The first kappa shape index (κ1) is 72.8. The zero-order chi connectivity index (χ0) is 75.7. The summed E-state index contributed by atoms with van der Waals surface area (Å²) in [5.74, 6) is 24.0. The van der Waals surface area contributed by atoms with Gasteiger partial charge in [-0.1, -0.05) is 151 Å². The summed E-state index contributed by atoms with van der Waals surface area (Å²) in [4.78, 5) is 67.3. The molecule has 12 heteroatoms. The molecule has 108 heavy (non-hydrogen) atoms. The Labute approximate surface area is 629 Å². The third-order valence-corrected chi connectivity index (χ3v) is 20.1. The van der Waals surface area contributed by atoms with E-state index in [1.165, 1.54) is 0 Å². The van der Waals surface area contributed by atoms with Crippen LogP contribution in [0.3, 0.4) is 0 Å². The molecule has 0 radical (unpaired) electrons. The molecule has 11 aromatic rings. The average Bonchev–Trinajstić information content (AvgIpc) is 1.57. The van der Waals surface area contributed by atoms with Crippen LogP contribution < -0.4 is 4.74 Å². The molecule has 530 valence electrons. The summed E-state index contributed by atoms with van der Waals surface area (Å²) in [7, 11) is 0. The maximum Gasteiger partial charge on any atom is 0.335 e. The van der Waals surface area contributed by atoms with Gasteiger partial charge in [0.05, 0.1) is 61.5 Å². The second kappa shape index (κ2) is 32.2. The number of aromatic nitrogens is 4. The van der Waals surface area contributed by atoms with Crippen molar-refractivity contribution in [3.63, 3.8) is 0 Å². The highest BCUT2D eigenvalue weighted by Gasteiger charge is 2.32. The minimum absolute atomic E-state index is 0.189. The summed E-state index contributed by atoms with van der Waals surface area (Å²) in [5.41, 5.74) is 30.3. The molecule has 8 bridgehead atoms. The van der Waals surface area contributed by atoms with Crippen LogP contribution >= 0.6 is 0 Å². The van der Waals surface area contributed by atoms with Crippen molar-refractivity contribution in [3.05, 3.63) is 300 Å². The number of ether oxygens (including phenoxy) is 1. The Morgan fingerprint density at radius 3 is 0.676 bits per heavy atom. The normalized spacial score (nSPS) is 11.5. The third-order valence-electron chi connectivity index (χ3n) is 20.1. The Kier molecular flexibility index (Phi) is 21.7. The molecule has 2 aliphatic rings. The molecule has 13 rings (SSSR count). The summed E-state index contributed by atoms with van der Waals surface area (Å²) >= 11 is 0. The van der Waals surface area contributed by atoms with E-state index in [-0.39, 0.29) is 16.7 Å². The van der Waals surface area contributed by atoms with Crippen LogP contribution in [-0.2, 0) is 30.5 Å². The van der Waals surface area contributed by atoms with Crippen LogP contribution in [0.2, 0.25) is 0 Å². The van der Waals surface area contributed by atoms with Crippen LogP contribution in [0.4, 0.5) is 0 Å². The van der Waals surface area contributed by atoms with Gasteiger partial charge in [-0.2, -0.15) is 0 Å². The second-order valence-electron chi connectivity index (χ2n) is 26.2. The lowest BCUT2D eigenvalue weighted by Gasteiger charge is -2.12. The van der Waals surface area contributed by atoms with Crippen molar-refractivity contribution in [3.8, 4) is 97.6 Å². The van der Waals surface area contributed by atoms with E-state index in [0.717, 1.165) is 162 Å². The molecule has 5 N–H and O–H groups in total. The topological polar surface area (TPSA) is 196 Å². The minimum atomic E-state index is -1.00. The van der Waals surface area contributed by atoms with E-state index in [0.29, 0.717) is 80.3 Å². The molecular weight excluding hydrogens is 1340 g/mol. The van der Waals surface area contributed by atoms with Crippen molar-refractivity contribution in [1.82, 2.24) is 19.9 Å². The van der Waals surface area contributed by atoms with Gasteiger partial charge < -0.3 is 30.0 Å². The summed E-state index contributed by atoms with van der Waals surface area (Å²) in [5, 5.41) is 28.9. The summed E-state index contributed by atoms with van der Waals surface area (Å²) < 4.78 is 5.07. The van der Waals surface area contributed by atoms with Gasteiger partial charge in [0.15, 0.2) is 0 Å². The quantitative estimate of drug-likeness (QED) is 0.0432. The summed E-state index contributed by atoms with van der Waals surface area (Å²) in [6, 6.07) is 60.4. The van der Waals surface area contributed by atoms with Gasteiger partial charge in [0.1, 0.15) is 5.75 Å². The molecule has 5 heterocycles. The molecule has 3 aromatic heterocycles. The molecule has 0 amide bonds. The Bertz CT molecular complexity index is 5780. The number of nitrogens with zero attached hydrogens (tertiary/aromatic N) is 2. The lowest BCUT2D eigenvalue weighted by molar-refractivity contribution is -0.120. The van der Waals surface area contributed by atoms with Gasteiger partial charge in [-0.3, -0.25) is 4.79 Å². The van der Waals surface area contributed by atoms with Gasteiger partial charge in [0.25, 0.3) is 6.47 Å². The molecule has 0 fully saturated rings. The fraction of sp³-hybridized carbons (Fsp3) is 0.167. The van der Waals surface area contributed by atoms with Crippen molar-refractivity contribution in [1.29, 1.82) is 0 Å². The summed E-state index contributed by atoms with van der Waals surface area (Å²) in [6.45, 7) is 18.2. The summed E-state index contributed by atoms with van der Waals surface area (Å²) in [6.07, 6.45) is 5.30. The lowest BCUT2D eigenvalue weighted by Crippen LogP contribution is -1.95. The maximum atomic E-state index is 11.8. The van der Waals surface area contributed by atoms with Crippen LogP contribution in [0.1, 0.15) is 202 Å². The number of benzene rings is 8. The Morgan fingerprint density at radius 2 is 0.500 bits per heavy atom. The number of aryl methyl sites for hydroxylation is 4. The number of aromatic carboxylic acids is 3. The van der Waals surface area contributed by atoms with Crippen molar-refractivity contribution in [2.24, 2.45) is 0 Å². The molecule has 0 saturated carbocycles. The van der Waals surface area contributed by atoms with E-state index in [2.05, 4.69) is 173 Å². The van der Waals surface area contributed by atoms with E-state index in [1.54, 1.807) is 84.9 Å². The smallest absolute Gasteiger partial charge is 0.335 e. The predicted molar refractivity (Wildman–Crippen MR) is 432 cm³/mol. The maximum absolute atomic E-state index is 11.8. The van der Waals surface area contributed by atoms with Gasteiger partial charge in [0, 0.05) is 66.8 Å². The Morgan fingerprint density at radius 1 is 0.306 bits per heavy atom. The van der Waals surface area contributed by atoms with E-state index in [4.69, 9.17) is 14.7 Å². The number of H-pyrrole nitrogens is 2. The fourth-order valence-corrected chi connectivity index (χ4v) is 14.8. The van der Waals surface area contributed by atoms with Gasteiger partial charge in [-0.25, -0.2) is 24.4 Å². The highest BCUT2D eigenvalue weighted by molar-refractivity contribution is 6.10. The van der Waals surface area contributed by atoms with Gasteiger partial charge in [-0.15, -0.1) is 0 Å². The molecule has 0 aliphatic carbocycles. The van der Waals surface area contributed by atoms with Crippen molar-refractivity contribution in [2.45, 2.75) is 107 Å². The number of hydrogen-bond acceptors (Lipinski definition) is 7. The SMILES string of the molecule is CCC1=C(CC)c2nc1c(-c1ccc(C#Cc3ccc(OC=O)cc3)cc1)c1[nH]c(c(CC)c1CC)c(-c1ccc(C#Cc3ccc(C(=O)O)cc3)cc1)c1nc(c(-c3ccc(C#Cc4ccc(C(=O)O)cc4)cc3)c3[nH]c(c(CC)c3CC)c2-c2ccc(C#Cc3ccc(C(=O)O)cc3)cc2)C(CC)=C1CC. The fourth-order valence-electron chi connectivity index (χ4n) is 14.8. The molecule has 0 atom stereocenters. The molecule has 0 saturated heterocycles. The van der Waals surface area contributed by atoms with Crippen LogP contribution in [0.5, 0.6) is 5.75 Å². The number of hydrogen-bond donors (Lipinski definition) is 5. The number of aromatic amines is 2. The molecular formula is C96H78N4O8. The highest BCUT2D eigenvalue weighted by atomic mass is 16.5. The van der Waals surface area contributed by atoms with Gasteiger partial charge in [-0.05, 0) is 264 Å². The molecule has 12 nitrogen and oxygen atoms in total. The monoisotopic (exact) mass is 1410 g/mol. The lowest BCUT2D eigenvalue weighted by atomic mass is 9.89. The number of rotatable bonds is 17. The zero-order valence-electron chi connectivity index (χ0n) is 61.5.